The number of ether oxygens (including phenoxy) is 1. The second-order valence-electron chi connectivity index (χ2n) is 4.31. The zero-order valence-corrected chi connectivity index (χ0v) is 12.5. The average molecular weight is 296 g/mol. The number of esters is 1. The largest absolute Gasteiger partial charge is 0.465 e. The van der Waals surface area contributed by atoms with Gasteiger partial charge in [-0.25, -0.2) is 4.79 Å². The molecule has 5 heteroatoms. The van der Waals surface area contributed by atoms with E-state index in [2.05, 4.69) is 0 Å². The van der Waals surface area contributed by atoms with Crippen LogP contribution in [0.5, 0.6) is 0 Å². The summed E-state index contributed by atoms with van der Waals surface area (Å²) in [7, 11) is 1.35. The third kappa shape index (κ3) is 2.60. The third-order valence-electron chi connectivity index (χ3n) is 2.87. The molecule has 0 atom stereocenters. The summed E-state index contributed by atoms with van der Waals surface area (Å²) < 4.78 is 4.73. The van der Waals surface area contributed by atoms with E-state index in [0.29, 0.717) is 15.6 Å². The highest BCUT2D eigenvalue weighted by molar-refractivity contribution is 7.18. The Morgan fingerprint density at radius 3 is 2.58 bits per heavy atom. The third-order valence-corrected chi connectivity index (χ3v) is 4.42. The topological polar surface area (TPSA) is 52.3 Å². The maximum absolute atomic E-state index is 11.6. The molecule has 0 aliphatic carbocycles. The van der Waals surface area contributed by atoms with E-state index >= 15 is 0 Å². The minimum Gasteiger partial charge on any atom is -0.465 e. The lowest BCUT2D eigenvalue weighted by atomic mass is 10.1. The van der Waals surface area contributed by atoms with Gasteiger partial charge in [0.25, 0.3) is 0 Å². The van der Waals surface area contributed by atoms with Crippen molar-refractivity contribution >= 4 is 34.6 Å². The lowest BCUT2D eigenvalue weighted by Gasteiger charge is -2.03. The first kappa shape index (κ1) is 13.9. The van der Waals surface area contributed by atoms with Crippen molar-refractivity contribution in [2.24, 2.45) is 0 Å². The maximum Gasteiger partial charge on any atom is 0.350 e. The molecule has 0 spiro atoms. The number of carbonyl (C=O) groups is 1. The molecule has 1 aromatic heterocycles. The summed E-state index contributed by atoms with van der Waals surface area (Å²) in [5, 5.41) is 0.668. The van der Waals surface area contributed by atoms with Gasteiger partial charge in [0.2, 0.25) is 0 Å². The Kier molecular flexibility index (Phi) is 3.83. The number of hydrogen-bond acceptors (Lipinski definition) is 4. The number of methoxy groups -OCH3 is 1. The molecule has 1 aromatic carbocycles. The predicted octanol–water partition coefficient (Wildman–Crippen LogP) is 4.05. The molecule has 0 saturated heterocycles. The molecule has 19 heavy (non-hydrogen) atoms. The number of benzene rings is 1. The number of hydrogen-bond donors (Lipinski definition) is 1. The number of carbonyl (C=O) groups excluding carboxylic acids is 1. The van der Waals surface area contributed by atoms with Crippen molar-refractivity contribution in [1.29, 1.82) is 0 Å². The molecule has 3 nitrogen and oxygen atoms in total. The minimum atomic E-state index is -0.407. The van der Waals surface area contributed by atoms with Gasteiger partial charge in [-0.1, -0.05) is 17.7 Å². The van der Waals surface area contributed by atoms with Gasteiger partial charge in [-0.05, 0) is 42.7 Å². The number of nitrogen functional groups attached to an aromatic ring is 1. The van der Waals surface area contributed by atoms with Crippen LogP contribution in [-0.4, -0.2) is 13.1 Å². The smallest absolute Gasteiger partial charge is 0.350 e. The van der Waals surface area contributed by atoms with Gasteiger partial charge in [0.05, 0.1) is 12.8 Å². The lowest BCUT2D eigenvalue weighted by Crippen LogP contribution is -2.01. The molecule has 0 unspecified atom stereocenters. The first-order chi connectivity index (χ1) is 8.93. The monoisotopic (exact) mass is 295 g/mol. The van der Waals surface area contributed by atoms with Crippen LogP contribution in [0.3, 0.4) is 0 Å². The van der Waals surface area contributed by atoms with Crippen molar-refractivity contribution in [3.05, 3.63) is 39.2 Å². The molecule has 0 aliphatic rings. The fourth-order valence-corrected chi connectivity index (χ4v) is 3.34. The first-order valence-corrected chi connectivity index (χ1v) is 6.88. The molecule has 0 radical (unpaired) electrons. The fraction of sp³-hybridized carbons (Fsp3) is 0.214. The van der Waals surface area contributed by atoms with Crippen LogP contribution >= 0.6 is 22.9 Å². The van der Waals surface area contributed by atoms with E-state index in [1.165, 1.54) is 18.4 Å². The molecule has 2 rings (SSSR count). The molecular weight excluding hydrogens is 282 g/mol. The lowest BCUT2D eigenvalue weighted by molar-refractivity contribution is 0.0607. The van der Waals surface area contributed by atoms with Crippen LogP contribution in [0.2, 0.25) is 5.02 Å². The Morgan fingerprint density at radius 2 is 2.00 bits per heavy atom. The van der Waals surface area contributed by atoms with Gasteiger partial charge in [-0.3, -0.25) is 0 Å². The summed E-state index contributed by atoms with van der Waals surface area (Å²) in [6, 6.07) is 5.78. The second kappa shape index (κ2) is 5.23. The quantitative estimate of drug-likeness (QED) is 0.850. The molecular formula is C14H14ClNO2S. The van der Waals surface area contributed by atoms with Gasteiger partial charge in [0.15, 0.2) is 0 Å². The molecule has 100 valence electrons. The van der Waals surface area contributed by atoms with E-state index in [1.54, 1.807) is 0 Å². The predicted molar refractivity (Wildman–Crippen MR) is 80.0 cm³/mol. The van der Waals surface area contributed by atoms with Crippen LogP contribution in [-0.2, 0) is 4.74 Å². The molecule has 2 aromatic rings. The Morgan fingerprint density at radius 1 is 1.32 bits per heavy atom. The van der Waals surface area contributed by atoms with Crippen LogP contribution in [0.25, 0.3) is 10.4 Å². The van der Waals surface area contributed by atoms with Crippen molar-refractivity contribution in [1.82, 2.24) is 0 Å². The van der Waals surface area contributed by atoms with Crippen LogP contribution in [0.4, 0.5) is 5.69 Å². The van der Waals surface area contributed by atoms with Crippen molar-refractivity contribution in [3.8, 4) is 10.4 Å². The Bertz CT molecular complexity index is 629. The molecule has 2 N–H and O–H groups in total. The van der Waals surface area contributed by atoms with Gasteiger partial charge >= 0.3 is 5.97 Å². The van der Waals surface area contributed by atoms with E-state index < -0.39 is 5.97 Å². The van der Waals surface area contributed by atoms with Gasteiger partial charge < -0.3 is 10.5 Å². The molecule has 0 saturated carbocycles. The zero-order valence-electron chi connectivity index (χ0n) is 10.9. The van der Waals surface area contributed by atoms with Gasteiger partial charge in [-0.15, -0.1) is 11.3 Å². The Labute approximate surface area is 121 Å². The average Bonchev–Trinajstić information content (AvgIpc) is 2.64. The van der Waals surface area contributed by atoms with Crippen molar-refractivity contribution < 1.29 is 9.53 Å². The van der Waals surface area contributed by atoms with E-state index in [4.69, 9.17) is 22.1 Å². The molecule has 0 fully saturated rings. The van der Waals surface area contributed by atoms with Crippen LogP contribution < -0.4 is 5.73 Å². The number of anilines is 1. The maximum atomic E-state index is 11.6. The van der Waals surface area contributed by atoms with E-state index in [-0.39, 0.29) is 0 Å². The van der Waals surface area contributed by atoms with Crippen LogP contribution in [0.15, 0.2) is 18.2 Å². The fourth-order valence-electron chi connectivity index (χ4n) is 1.91. The summed E-state index contributed by atoms with van der Waals surface area (Å²) in [5.41, 5.74) is 9.36. The summed E-state index contributed by atoms with van der Waals surface area (Å²) >= 11 is 7.40. The second-order valence-corrected chi connectivity index (χ2v) is 5.76. The highest BCUT2D eigenvalue weighted by atomic mass is 35.5. The minimum absolute atomic E-state index is 0.407. The number of nitrogens with two attached hydrogens (primary N) is 1. The van der Waals surface area contributed by atoms with Gasteiger partial charge in [-0.2, -0.15) is 0 Å². The summed E-state index contributed by atoms with van der Waals surface area (Å²) in [6.45, 7) is 3.87. The summed E-state index contributed by atoms with van der Waals surface area (Å²) in [5.74, 6) is -0.407. The number of rotatable bonds is 2. The highest BCUT2D eigenvalue weighted by Crippen LogP contribution is 2.39. The Hall–Kier alpha value is -1.52. The summed E-state index contributed by atoms with van der Waals surface area (Å²) in [4.78, 5) is 13.0. The molecule has 0 aliphatic heterocycles. The van der Waals surface area contributed by atoms with E-state index in [9.17, 15) is 4.79 Å². The highest BCUT2D eigenvalue weighted by Gasteiger charge is 2.20. The SMILES string of the molecule is COC(=O)c1sc(-c2cc(C)cc(Cl)c2)c(C)c1N. The molecule has 0 bridgehead atoms. The standard InChI is InChI=1S/C14H14ClNO2S/c1-7-4-9(6-10(15)5-7)12-8(2)11(16)13(19-12)14(17)18-3/h4-6H,16H2,1-3H3. The van der Waals surface area contributed by atoms with Gasteiger partial charge in [0.1, 0.15) is 4.88 Å². The Balaban J connectivity index is 2.60. The van der Waals surface area contributed by atoms with Crippen molar-refractivity contribution in [2.75, 3.05) is 12.8 Å². The van der Waals surface area contributed by atoms with E-state index in [1.807, 2.05) is 32.0 Å². The first-order valence-electron chi connectivity index (χ1n) is 5.68. The zero-order chi connectivity index (χ0) is 14.2. The molecule has 1 heterocycles. The number of thiophene rings is 1. The normalized spacial score (nSPS) is 10.5. The van der Waals surface area contributed by atoms with Crippen LogP contribution in [0, 0.1) is 13.8 Å². The molecule has 0 amide bonds. The van der Waals surface area contributed by atoms with Crippen molar-refractivity contribution in [3.63, 3.8) is 0 Å². The van der Waals surface area contributed by atoms with E-state index in [0.717, 1.165) is 21.6 Å². The number of aryl methyl sites for hydroxylation is 1. The number of halogens is 1. The van der Waals surface area contributed by atoms with Crippen molar-refractivity contribution in [2.45, 2.75) is 13.8 Å². The van der Waals surface area contributed by atoms with Gasteiger partial charge in [0, 0.05) is 9.90 Å². The summed E-state index contributed by atoms with van der Waals surface area (Å²) in [6.07, 6.45) is 0. The van der Waals surface area contributed by atoms with Crippen LogP contribution in [0.1, 0.15) is 20.8 Å².